The van der Waals surface area contributed by atoms with Crippen LogP contribution in [0.25, 0.3) is 0 Å². The van der Waals surface area contributed by atoms with E-state index < -0.39 is 23.7 Å². The summed E-state index contributed by atoms with van der Waals surface area (Å²) in [4.78, 5) is 51.8. The van der Waals surface area contributed by atoms with E-state index in [0.29, 0.717) is 12.1 Å². The van der Waals surface area contributed by atoms with Crippen LogP contribution in [0, 0.1) is 0 Å². The van der Waals surface area contributed by atoms with Gasteiger partial charge in [0.2, 0.25) is 0 Å². The topological polar surface area (TPSA) is 125 Å². The summed E-state index contributed by atoms with van der Waals surface area (Å²) in [6.45, 7) is 2.11. The minimum Gasteiger partial charge on any atom is -0.506 e. The van der Waals surface area contributed by atoms with Crippen molar-refractivity contribution in [3.8, 4) is 5.75 Å². The first-order valence-corrected chi connectivity index (χ1v) is 11.7. The van der Waals surface area contributed by atoms with Gasteiger partial charge in [-0.25, -0.2) is 9.69 Å². The molecule has 0 saturated heterocycles. The molecule has 0 saturated carbocycles. The lowest BCUT2D eigenvalue weighted by atomic mass is 10.1. The minimum absolute atomic E-state index is 0.0834. The molecule has 1 aliphatic heterocycles. The molecule has 0 spiro atoms. The number of ether oxygens (including phenoxy) is 1. The summed E-state index contributed by atoms with van der Waals surface area (Å²) >= 11 is 6.22. The van der Waals surface area contributed by atoms with Gasteiger partial charge in [-0.2, -0.15) is 0 Å². The number of carbonyl (C=O) groups excluding carboxylic acids is 4. The van der Waals surface area contributed by atoms with Gasteiger partial charge in [-0.15, -0.1) is 0 Å². The Labute approximate surface area is 217 Å². The summed E-state index contributed by atoms with van der Waals surface area (Å²) < 4.78 is 5.12. The molecule has 3 aromatic rings. The van der Waals surface area contributed by atoms with Crippen molar-refractivity contribution in [1.82, 2.24) is 0 Å². The highest BCUT2D eigenvalue weighted by atomic mass is 35.5. The van der Waals surface area contributed by atoms with E-state index in [1.165, 1.54) is 36.4 Å². The second kappa shape index (κ2) is 11.0. The molecule has 1 aliphatic rings. The molecule has 0 fully saturated rings. The van der Waals surface area contributed by atoms with Gasteiger partial charge in [0.15, 0.2) is 0 Å². The minimum atomic E-state index is -0.762. The first-order valence-electron chi connectivity index (χ1n) is 11.3. The Hall–Kier alpha value is -4.63. The number of hydrogen-bond acceptors (Lipinski definition) is 7. The molecule has 3 N–H and O–H groups in total. The van der Waals surface area contributed by atoms with Crippen LogP contribution in [0.4, 0.5) is 17.1 Å². The van der Waals surface area contributed by atoms with Crippen LogP contribution >= 0.6 is 11.6 Å². The number of nitrogens with one attached hydrogen (secondary N) is 2. The fraction of sp³-hybridized carbons (Fsp3) is 0.111. The number of imide groups is 1. The molecule has 0 aromatic heterocycles. The number of esters is 1. The van der Waals surface area contributed by atoms with Gasteiger partial charge in [0, 0.05) is 11.3 Å². The number of aromatic hydroxyl groups is 1. The molecular formula is C27H22ClN3O6. The number of amides is 3. The number of nitrogens with zero attached hydrogens (tertiary/aromatic N) is 1. The van der Waals surface area contributed by atoms with Crippen molar-refractivity contribution < 1.29 is 29.0 Å². The Morgan fingerprint density at radius 1 is 0.946 bits per heavy atom. The third-order valence-corrected chi connectivity index (χ3v) is 5.70. The third kappa shape index (κ3) is 5.46. The van der Waals surface area contributed by atoms with E-state index in [4.69, 9.17) is 16.3 Å². The predicted octanol–water partition coefficient (Wildman–Crippen LogP) is 4.65. The van der Waals surface area contributed by atoms with E-state index in [-0.39, 0.29) is 45.6 Å². The molecule has 10 heteroatoms. The van der Waals surface area contributed by atoms with Crippen molar-refractivity contribution in [2.45, 2.75) is 13.3 Å². The van der Waals surface area contributed by atoms with Gasteiger partial charge < -0.3 is 20.5 Å². The van der Waals surface area contributed by atoms with E-state index in [2.05, 4.69) is 10.6 Å². The van der Waals surface area contributed by atoms with Crippen LogP contribution in [0.1, 0.15) is 34.1 Å². The Kier molecular flexibility index (Phi) is 7.55. The Bertz CT molecular complexity index is 1430. The molecule has 0 atom stereocenters. The Morgan fingerprint density at radius 3 is 2.43 bits per heavy atom. The molecule has 0 radical (unpaired) electrons. The van der Waals surface area contributed by atoms with Gasteiger partial charge in [0.1, 0.15) is 16.5 Å². The molecule has 1 heterocycles. The summed E-state index contributed by atoms with van der Waals surface area (Å²) in [7, 11) is 0. The molecule has 37 heavy (non-hydrogen) atoms. The van der Waals surface area contributed by atoms with Gasteiger partial charge in [-0.1, -0.05) is 42.8 Å². The van der Waals surface area contributed by atoms with Gasteiger partial charge in [0.05, 0.1) is 23.5 Å². The van der Waals surface area contributed by atoms with Crippen molar-refractivity contribution in [1.29, 1.82) is 0 Å². The number of halogens is 1. The predicted molar refractivity (Wildman–Crippen MR) is 139 cm³/mol. The van der Waals surface area contributed by atoms with Crippen LogP contribution < -0.4 is 15.5 Å². The Morgan fingerprint density at radius 2 is 1.68 bits per heavy atom. The number of carbonyl (C=O) groups is 4. The second-order valence-electron chi connectivity index (χ2n) is 8.00. The van der Waals surface area contributed by atoms with E-state index in [0.717, 1.165) is 4.90 Å². The van der Waals surface area contributed by atoms with Crippen molar-refractivity contribution in [2.75, 3.05) is 22.1 Å². The third-order valence-electron chi connectivity index (χ3n) is 5.35. The average molecular weight is 520 g/mol. The van der Waals surface area contributed by atoms with E-state index in [9.17, 15) is 24.3 Å². The normalized spacial score (nSPS) is 13.1. The molecule has 0 bridgehead atoms. The molecule has 9 nitrogen and oxygen atoms in total. The summed E-state index contributed by atoms with van der Waals surface area (Å²) in [5.74, 6) is -2.63. The Balaban J connectivity index is 1.53. The SMILES string of the molecule is CCCOC(=O)c1cccc(N2C(=O)C(Cl)=C(Nc3cccc(C(=O)Nc4ccccc4O)c3)C2=O)c1. The first kappa shape index (κ1) is 25.5. The number of phenols is 1. The maximum absolute atomic E-state index is 13.2. The lowest BCUT2D eigenvalue weighted by Crippen LogP contribution is -2.32. The molecule has 3 aromatic carbocycles. The highest BCUT2D eigenvalue weighted by Crippen LogP contribution is 2.31. The largest absolute Gasteiger partial charge is 0.506 e. The number of hydrogen-bond donors (Lipinski definition) is 3. The summed E-state index contributed by atoms with van der Waals surface area (Å²) in [6.07, 6.45) is 0.653. The smallest absolute Gasteiger partial charge is 0.338 e. The van der Waals surface area contributed by atoms with Gasteiger partial charge in [-0.3, -0.25) is 14.4 Å². The van der Waals surface area contributed by atoms with Crippen molar-refractivity contribution in [2.24, 2.45) is 0 Å². The highest BCUT2D eigenvalue weighted by molar-refractivity contribution is 6.53. The fourth-order valence-corrected chi connectivity index (χ4v) is 3.76. The van der Waals surface area contributed by atoms with E-state index in [1.54, 1.807) is 36.4 Å². The van der Waals surface area contributed by atoms with E-state index >= 15 is 0 Å². The van der Waals surface area contributed by atoms with Crippen molar-refractivity contribution in [3.05, 3.63) is 94.7 Å². The van der Waals surface area contributed by atoms with E-state index in [1.807, 2.05) is 6.92 Å². The van der Waals surface area contributed by atoms with Crippen LogP contribution in [0.3, 0.4) is 0 Å². The summed E-state index contributed by atoms with van der Waals surface area (Å²) in [6, 6.07) is 18.4. The van der Waals surface area contributed by atoms with Crippen LogP contribution in [0.15, 0.2) is 83.5 Å². The first-order chi connectivity index (χ1) is 17.8. The molecule has 0 unspecified atom stereocenters. The number of anilines is 3. The van der Waals surface area contributed by atoms with Crippen LogP contribution in [0.5, 0.6) is 5.75 Å². The van der Waals surface area contributed by atoms with Crippen LogP contribution in [-0.2, 0) is 14.3 Å². The highest BCUT2D eigenvalue weighted by Gasteiger charge is 2.39. The number of para-hydroxylation sites is 2. The summed E-state index contributed by atoms with van der Waals surface area (Å²) in [5, 5.41) is 15.0. The number of rotatable bonds is 8. The zero-order chi connectivity index (χ0) is 26.5. The monoisotopic (exact) mass is 519 g/mol. The quantitative estimate of drug-likeness (QED) is 0.225. The standard InChI is InChI=1S/C27H22ClN3O6/c1-2-13-37-27(36)17-8-6-10-19(15-17)31-25(34)22(28)23(26(31)35)29-18-9-5-7-16(14-18)24(33)30-20-11-3-4-12-21(20)32/h3-12,14-15,29,32H,2,13H2,1H3,(H,30,33). The fourth-order valence-electron chi connectivity index (χ4n) is 3.55. The van der Waals surface area contributed by atoms with Gasteiger partial charge >= 0.3 is 5.97 Å². The van der Waals surface area contributed by atoms with Gasteiger partial charge in [0.25, 0.3) is 17.7 Å². The van der Waals surface area contributed by atoms with Crippen molar-refractivity contribution >= 4 is 52.4 Å². The average Bonchev–Trinajstić information content (AvgIpc) is 3.11. The molecule has 188 valence electrons. The maximum atomic E-state index is 13.2. The lowest BCUT2D eigenvalue weighted by molar-refractivity contribution is -0.120. The number of phenolic OH excluding ortho intramolecular Hbond substituents is 1. The number of benzene rings is 3. The molecular weight excluding hydrogens is 498 g/mol. The van der Waals surface area contributed by atoms with Crippen LogP contribution in [-0.4, -0.2) is 35.4 Å². The zero-order valence-electron chi connectivity index (χ0n) is 19.7. The van der Waals surface area contributed by atoms with Gasteiger partial charge in [-0.05, 0) is 55.0 Å². The van der Waals surface area contributed by atoms with Crippen molar-refractivity contribution in [3.63, 3.8) is 0 Å². The zero-order valence-corrected chi connectivity index (χ0v) is 20.4. The second-order valence-corrected chi connectivity index (χ2v) is 8.38. The lowest BCUT2D eigenvalue weighted by Gasteiger charge is -2.16. The maximum Gasteiger partial charge on any atom is 0.338 e. The summed E-state index contributed by atoms with van der Waals surface area (Å²) in [5.41, 5.74) is 0.974. The molecule has 4 rings (SSSR count). The van der Waals surface area contributed by atoms with Crippen LogP contribution in [0.2, 0.25) is 0 Å². The molecule has 0 aliphatic carbocycles. The molecule has 3 amide bonds.